The summed E-state index contributed by atoms with van der Waals surface area (Å²) < 4.78 is 9.47. The number of ether oxygens (including phenoxy) is 1. The highest BCUT2D eigenvalue weighted by molar-refractivity contribution is 6.04. The summed E-state index contributed by atoms with van der Waals surface area (Å²) in [7, 11) is 0. The highest BCUT2D eigenvalue weighted by atomic mass is 16.6. The fraction of sp³-hybridized carbons (Fsp3) is 0.147. The number of carbonyl (C=O) groups excluding carboxylic acids is 2. The minimum Gasteiger partial charge on any atom is -0.387 e. The van der Waals surface area contributed by atoms with Crippen LogP contribution in [0, 0.1) is 0 Å². The van der Waals surface area contributed by atoms with Gasteiger partial charge in [-0.2, -0.15) is 0 Å². The Balaban J connectivity index is 1.19. The number of imidazole rings is 1. The van der Waals surface area contributed by atoms with Crippen molar-refractivity contribution in [3.63, 3.8) is 0 Å². The number of benzene rings is 4. The highest BCUT2D eigenvalue weighted by Gasteiger charge is 2.46. The summed E-state index contributed by atoms with van der Waals surface area (Å²) >= 11 is 0. The number of nitrogens with two attached hydrogens (primary N) is 1. The van der Waals surface area contributed by atoms with E-state index < -0.39 is 30.4 Å². The number of primary amides is 1. The summed E-state index contributed by atoms with van der Waals surface area (Å²) in [6, 6.07) is 32.8. The number of para-hydroxylation sites is 2. The van der Waals surface area contributed by atoms with Gasteiger partial charge in [0.05, 0.1) is 17.6 Å². The first-order valence-electron chi connectivity index (χ1n) is 14.6. The molecule has 4 aromatic carbocycles. The lowest BCUT2D eigenvalue weighted by molar-refractivity contribution is -0.0478. The van der Waals surface area contributed by atoms with Crippen LogP contribution in [0.1, 0.15) is 27.1 Å². The van der Waals surface area contributed by atoms with Gasteiger partial charge in [0.1, 0.15) is 29.8 Å². The number of hydrogen-bond donors (Lipinski definition) is 4. The molecule has 46 heavy (non-hydrogen) atoms. The van der Waals surface area contributed by atoms with Crippen molar-refractivity contribution < 1.29 is 24.5 Å². The average Bonchev–Trinajstić information content (AvgIpc) is 3.77. The van der Waals surface area contributed by atoms with E-state index in [-0.39, 0.29) is 23.8 Å². The van der Waals surface area contributed by atoms with E-state index in [1.165, 1.54) is 4.68 Å². The zero-order valence-electron chi connectivity index (χ0n) is 24.3. The number of aliphatic hydroxyl groups excluding tert-OH is 2. The Kier molecular flexibility index (Phi) is 7.58. The first kappa shape index (κ1) is 29.0. The molecule has 0 aliphatic carbocycles. The van der Waals surface area contributed by atoms with Gasteiger partial charge in [-0.05, 0) is 48.5 Å². The number of carbonyl (C=O) groups is 2. The summed E-state index contributed by atoms with van der Waals surface area (Å²) in [6.07, 6.45) is -4.73. The summed E-state index contributed by atoms with van der Waals surface area (Å²) in [5, 5.41) is 33.3. The van der Waals surface area contributed by atoms with Crippen LogP contribution in [-0.4, -0.2) is 64.9 Å². The van der Waals surface area contributed by atoms with Crippen LogP contribution >= 0.6 is 0 Å². The Morgan fingerprint density at radius 3 is 2.22 bits per heavy atom. The number of hydrogen-bond acceptors (Lipinski definition) is 8. The summed E-state index contributed by atoms with van der Waals surface area (Å²) in [5.74, 6) is -0.390. The van der Waals surface area contributed by atoms with Crippen molar-refractivity contribution in [2.45, 2.75) is 31.1 Å². The van der Waals surface area contributed by atoms with Crippen molar-refractivity contribution in [3.05, 3.63) is 120 Å². The molecular weight excluding hydrogens is 586 g/mol. The predicted octanol–water partition coefficient (Wildman–Crippen LogP) is 3.63. The number of nitrogens with one attached hydrogen (secondary N) is 1. The molecule has 1 unspecified atom stereocenters. The molecule has 12 nitrogen and oxygen atoms in total. The number of fused-ring (bicyclic) bond motifs is 1. The van der Waals surface area contributed by atoms with Crippen molar-refractivity contribution in [3.8, 4) is 22.6 Å². The average molecular weight is 616 g/mol. The normalized spacial score (nSPS) is 19.3. The maximum Gasteiger partial charge on any atom is 0.271 e. The fourth-order valence-electron chi connectivity index (χ4n) is 5.74. The van der Waals surface area contributed by atoms with Crippen molar-refractivity contribution in [2.24, 2.45) is 5.73 Å². The molecule has 1 aliphatic heterocycles. The van der Waals surface area contributed by atoms with Gasteiger partial charge in [0.25, 0.3) is 11.8 Å². The number of nitrogens with zero attached hydrogens (tertiary/aromatic N) is 5. The minimum atomic E-state index is -1.39. The van der Waals surface area contributed by atoms with Gasteiger partial charge in [-0.3, -0.25) is 9.59 Å². The molecule has 230 valence electrons. The van der Waals surface area contributed by atoms with Crippen molar-refractivity contribution in [1.29, 1.82) is 0 Å². The van der Waals surface area contributed by atoms with Gasteiger partial charge in [-0.15, -0.1) is 5.10 Å². The molecule has 7 rings (SSSR count). The Labute approximate surface area is 262 Å². The second-order valence-corrected chi connectivity index (χ2v) is 10.9. The topological polar surface area (TPSA) is 170 Å². The number of rotatable bonds is 8. The summed E-state index contributed by atoms with van der Waals surface area (Å²) in [6.45, 7) is 0.134. The standard InChI is InChI=1S/C34H29N7O5/c35-31(44)27-28(20-9-3-1-4-10-20)41(39-38-27)34-30(43)29(42)26(46-34)19-40-25-14-8-7-13-24(25)37-32(40)21-15-17-23(18-16-21)36-33(45)22-11-5-2-6-12-22/h1-18,26,29-30,34,42-43H,19H2,(H2,35,44)(H,36,45)/t26-,29-,30?,34-/m1/s1. The predicted molar refractivity (Wildman–Crippen MR) is 169 cm³/mol. The molecule has 1 fully saturated rings. The highest BCUT2D eigenvalue weighted by Crippen LogP contribution is 2.36. The maximum atomic E-state index is 12.6. The maximum absolute atomic E-state index is 12.6. The number of aromatic nitrogens is 5. The van der Waals surface area contributed by atoms with Gasteiger partial charge >= 0.3 is 0 Å². The van der Waals surface area contributed by atoms with Crippen LogP contribution in [0.15, 0.2) is 109 Å². The second kappa shape index (κ2) is 12.0. The zero-order chi connectivity index (χ0) is 31.8. The Morgan fingerprint density at radius 1 is 0.826 bits per heavy atom. The molecule has 12 heteroatoms. The molecule has 4 atom stereocenters. The molecule has 1 saturated heterocycles. The van der Waals surface area contributed by atoms with Crippen molar-refractivity contribution in [2.75, 3.05) is 5.32 Å². The van der Waals surface area contributed by atoms with Gasteiger partial charge in [0.2, 0.25) is 0 Å². The molecule has 2 amide bonds. The quantitative estimate of drug-likeness (QED) is 0.201. The SMILES string of the molecule is NC(=O)c1nnn([C@@H]2O[C@H](Cn3c(-c4ccc(NC(=O)c5ccccc5)cc4)nc4ccccc43)[C@@H](O)C2O)c1-c1ccccc1. The van der Waals surface area contributed by atoms with Crippen molar-refractivity contribution >= 4 is 28.5 Å². The Morgan fingerprint density at radius 2 is 1.50 bits per heavy atom. The molecule has 0 bridgehead atoms. The molecule has 0 spiro atoms. The van der Waals surface area contributed by atoms with Crippen LogP contribution in [-0.2, 0) is 11.3 Å². The van der Waals surface area contributed by atoms with E-state index in [0.717, 1.165) is 16.6 Å². The summed E-state index contributed by atoms with van der Waals surface area (Å²) in [5.41, 5.74) is 9.87. The van der Waals surface area contributed by atoms with Crippen LogP contribution in [0.5, 0.6) is 0 Å². The number of amides is 2. The number of aliphatic hydroxyl groups is 2. The molecule has 5 N–H and O–H groups in total. The molecule has 3 heterocycles. The minimum absolute atomic E-state index is 0.0776. The van der Waals surface area contributed by atoms with E-state index in [4.69, 9.17) is 15.5 Å². The van der Waals surface area contributed by atoms with Gasteiger partial charge in [0.15, 0.2) is 11.9 Å². The monoisotopic (exact) mass is 615 g/mol. The smallest absolute Gasteiger partial charge is 0.271 e. The van der Waals surface area contributed by atoms with E-state index in [1.807, 2.05) is 53.1 Å². The summed E-state index contributed by atoms with van der Waals surface area (Å²) in [4.78, 5) is 29.7. The lowest BCUT2D eigenvalue weighted by Gasteiger charge is -2.18. The zero-order valence-corrected chi connectivity index (χ0v) is 24.3. The van der Waals surface area contributed by atoms with Gasteiger partial charge < -0.3 is 30.6 Å². The van der Waals surface area contributed by atoms with Crippen LogP contribution in [0.4, 0.5) is 5.69 Å². The second-order valence-electron chi connectivity index (χ2n) is 10.9. The van der Waals surface area contributed by atoms with E-state index in [2.05, 4.69) is 15.6 Å². The third-order valence-electron chi connectivity index (χ3n) is 8.01. The van der Waals surface area contributed by atoms with Crippen LogP contribution in [0.3, 0.4) is 0 Å². The molecule has 1 aliphatic rings. The molecule has 2 aromatic heterocycles. The Hall–Kier alpha value is -5.69. The van der Waals surface area contributed by atoms with Crippen LogP contribution in [0.25, 0.3) is 33.7 Å². The lowest BCUT2D eigenvalue weighted by atomic mass is 10.1. The van der Waals surface area contributed by atoms with E-state index >= 15 is 0 Å². The molecular formula is C34H29N7O5. The van der Waals surface area contributed by atoms with E-state index in [0.29, 0.717) is 22.6 Å². The van der Waals surface area contributed by atoms with Gasteiger partial charge in [0, 0.05) is 22.4 Å². The first-order valence-corrected chi connectivity index (χ1v) is 14.6. The van der Waals surface area contributed by atoms with E-state index in [1.54, 1.807) is 60.7 Å². The third-order valence-corrected chi connectivity index (χ3v) is 8.01. The Bertz CT molecular complexity index is 2030. The third kappa shape index (κ3) is 5.30. The fourth-order valence-corrected chi connectivity index (χ4v) is 5.74. The number of anilines is 1. The van der Waals surface area contributed by atoms with Crippen LogP contribution < -0.4 is 11.1 Å². The van der Waals surface area contributed by atoms with E-state index in [9.17, 15) is 19.8 Å². The van der Waals surface area contributed by atoms with Crippen molar-refractivity contribution in [1.82, 2.24) is 24.5 Å². The first-order chi connectivity index (χ1) is 22.4. The lowest BCUT2D eigenvalue weighted by Crippen LogP contribution is -2.34. The molecule has 0 radical (unpaired) electrons. The largest absolute Gasteiger partial charge is 0.387 e. The van der Waals surface area contributed by atoms with Gasteiger partial charge in [-0.25, -0.2) is 9.67 Å². The molecule has 0 saturated carbocycles. The van der Waals surface area contributed by atoms with Gasteiger partial charge in [-0.1, -0.05) is 65.9 Å². The molecule has 6 aromatic rings. The van der Waals surface area contributed by atoms with Crippen LogP contribution in [0.2, 0.25) is 0 Å².